The molecule has 7 nitrogen and oxygen atoms in total. The molecule has 0 unspecified atom stereocenters. The lowest BCUT2D eigenvalue weighted by Crippen LogP contribution is -3.05. The van der Waals surface area contributed by atoms with Crippen LogP contribution in [0.5, 0.6) is 0 Å². The molecule has 0 saturated heterocycles. The molecule has 0 bridgehead atoms. The van der Waals surface area contributed by atoms with E-state index in [1.165, 1.54) is 4.90 Å². The fourth-order valence-electron chi connectivity index (χ4n) is 3.46. The fraction of sp³-hybridized carbons (Fsp3) is 0.318. The second kappa shape index (κ2) is 9.30. The highest BCUT2D eigenvalue weighted by atomic mass is 35.5. The highest BCUT2D eigenvalue weighted by Crippen LogP contribution is 2.26. The lowest BCUT2D eigenvalue weighted by atomic mass is 10.2. The number of para-hydroxylation sites is 2. The molecular weight excluding hydrogens is 432 g/mol. The number of fused-ring (bicyclic) bond motifs is 1. The van der Waals surface area contributed by atoms with E-state index in [0.717, 1.165) is 39.9 Å². The molecule has 1 atom stereocenters. The van der Waals surface area contributed by atoms with Crippen molar-refractivity contribution < 1.29 is 4.90 Å². The largest absolute Gasteiger partial charge is 0.331 e. The number of hydrogen-bond donors (Lipinski definition) is 2. The van der Waals surface area contributed by atoms with Crippen LogP contribution in [0.3, 0.4) is 0 Å². The van der Waals surface area contributed by atoms with Gasteiger partial charge in [0, 0.05) is 23.0 Å². The van der Waals surface area contributed by atoms with Crippen LogP contribution in [-0.2, 0) is 6.54 Å². The first kappa shape index (κ1) is 21.7. The van der Waals surface area contributed by atoms with E-state index in [0.29, 0.717) is 11.6 Å². The molecule has 2 aromatic heterocycles. The lowest BCUT2D eigenvalue weighted by Gasteiger charge is -2.18. The summed E-state index contributed by atoms with van der Waals surface area (Å²) in [5, 5.41) is 10.5. The molecule has 0 spiro atoms. The molecule has 0 aliphatic heterocycles. The van der Waals surface area contributed by atoms with E-state index in [1.54, 1.807) is 16.3 Å². The first-order valence-corrected chi connectivity index (χ1v) is 11.6. The molecule has 162 valence electrons. The Balaban J connectivity index is 1.52. The van der Waals surface area contributed by atoms with Crippen LogP contribution in [0.1, 0.15) is 25.2 Å². The number of thioether (sulfide) groups is 1. The maximum absolute atomic E-state index is 12.3. The average molecular weight is 458 g/mol. The number of aryl methyl sites for hydroxylation is 1. The Morgan fingerprint density at radius 1 is 1.13 bits per heavy atom. The van der Waals surface area contributed by atoms with Gasteiger partial charge in [0.1, 0.15) is 6.04 Å². The number of aromatic amines is 1. The molecular formula is C22H26ClN6OS+. The molecule has 0 fully saturated rings. The van der Waals surface area contributed by atoms with Gasteiger partial charge in [-0.2, -0.15) is 0 Å². The van der Waals surface area contributed by atoms with E-state index >= 15 is 0 Å². The molecule has 0 amide bonds. The molecule has 31 heavy (non-hydrogen) atoms. The van der Waals surface area contributed by atoms with E-state index < -0.39 is 0 Å². The third-order valence-electron chi connectivity index (χ3n) is 5.44. The van der Waals surface area contributed by atoms with Crippen molar-refractivity contribution in [3.63, 3.8) is 0 Å². The Labute approximate surface area is 190 Å². The summed E-state index contributed by atoms with van der Waals surface area (Å²) in [5.74, 6) is 1.73. The van der Waals surface area contributed by atoms with Crippen molar-refractivity contribution >= 4 is 34.4 Å². The van der Waals surface area contributed by atoms with Crippen LogP contribution < -0.4 is 10.6 Å². The van der Waals surface area contributed by atoms with Gasteiger partial charge in [-0.1, -0.05) is 35.5 Å². The summed E-state index contributed by atoms with van der Waals surface area (Å²) in [7, 11) is 4.22. The molecule has 0 aliphatic carbocycles. The van der Waals surface area contributed by atoms with Crippen molar-refractivity contribution in [2.75, 3.05) is 19.8 Å². The number of benzene rings is 2. The summed E-state index contributed by atoms with van der Waals surface area (Å²) in [6.07, 6.45) is 0.837. The van der Waals surface area contributed by atoms with E-state index in [4.69, 9.17) is 11.6 Å². The maximum atomic E-state index is 12.3. The van der Waals surface area contributed by atoms with Gasteiger partial charge in [-0.25, -0.2) is 4.79 Å². The minimum atomic E-state index is -0.0689. The monoisotopic (exact) mass is 457 g/mol. The number of H-pyrrole nitrogens is 1. The van der Waals surface area contributed by atoms with Gasteiger partial charge in [-0.05, 0) is 49.7 Å². The number of quaternary nitrogens is 1. The number of imidazole rings is 1. The SMILES string of the molecule is C[C@@H](c1nnc(SCCCn2c(=O)[nH]c3ccccc32)n1-c1ccc(Cl)cc1)[NH+](C)C. The van der Waals surface area contributed by atoms with Crippen LogP contribution >= 0.6 is 23.4 Å². The number of hydrogen-bond acceptors (Lipinski definition) is 4. The third kappa shape index (κ3) is 4.56. The Kier molecular flexibility index (Phi) is 6.50. The van der Waals surface area contributed by atoms with Gasteiger partial charge >= 0.3 is 5.69 Å². The average Bonchev–Trinajstić information content (AvgIpc) is 3.31. The van der Waals surface area contributed by atoms with E-state index in [9.17, 15) is 4.79 Å². The predicted octanol–water partition coefficient (Wildman–Crippen LogP) is 2.95. The summed E-state index contributed by atoms with van der Waals surface area (Å²) >= 11 is 7.74. The Hall–Kier alpha value is -2.55. The van der Waals surface area contributed by atoms with Crippen molar-refractivity contribution in [2.45, 2.75) is 31.1 Å². The maximum Gasteiger partial charge on any atom is 0.326 e. The van der Waals surface area contributed by atoms with Crippen molar-refractivity contribution in [2.24, 2.45) is 0 Å². The van der Waals surface area contributed by atoms with Gasteiger partial charge in [0.2, 0.25) is 0 Å². The van der Waals surface area contributed by atoms with Crippen LogP contribution in [0.15, 0.2) is 58.5 Å². The number of aromatic nitrogens is 5. The van der Waals surface area contributed by atoms with Crippen LogP contribution in [0.25, 0.3) is 16.7 Å². The summed E-state index contributed by atoms with van der Waals surface area (Å²) in [6, 6.07) is 15.7. The molecule has 0 saturated carbocycles. The van der Waals surface area contributed by atoms with Crippen LogP contribution in [0.2, 0.25) is 5.02 Å². The van der Waals surface area contributed by atoms with Crippen molar-refractivity contribution in [3.05, 3.63) is 69.9 Å². The zero-order valence-corrected chi connectivity index (χ0v) is 19.4. The first-order chi connectivity index (χ1) is 15.0. The number of rotatable bonds is 8. The van der Waals surface area contributed by atoms with Gasteiger partial charge in [-0.3, -0.25) is 9.13 Å². The number of nitrogens with one attached hydrogen (secondary N) is 2. The molecule has 9 heteroatoms. The molecule has 4 rings (SSSR count). The molecule has 0 radical (unpaired) electrons. The van der Waals surface area contributed by atoms with Crippen molar-refractivity contribution in [1.29, 1.82) is 0 Å². The lowest BCUT2D eigenvalue weighted by molar-refractivity contribution is -0.890. The molecule has 4 aromatic rings. The highest BCUT2D eigenvalue weighted by Gasteiger charge is 2.23. The smallest absolute Gasteiger partial charge is 0.326 e. The van der Waals surface area contributed by atoms with E-state index in [2.05, 4.69) is 40.8 Å². The molecule has 2 aromatic carbocycles. The zero-order chi connectivity index (χ0) is 22.0. The molecule has 2 heterocycles. The molecule has 0 aliphatic rings. The van der Waals surface area contributed by atoms with Crippen LogP contribution in [0, 0.1) is 0 Å². The van der Waals surface area contributed by atoms with E-state index in [-0.39, 0.29) is 11.7 Å². The van der Waals surface area contributed by atoms with Gasteiger partial charge in [0.25, 0.3) is 0 Å². The van der Waals surface area contributed by atoms with Crippen molar-refractivity contribution in [3.8, 4) is 5.69 Å². The van der Waals surface area contributed by atoms with Gasteiger partial charge in [0.15, 0.2) is 11.0 Å². The fourth-order valence-corrected chi connectivity index (χ4v) is 4.47. The number of nitrogens with zero attached hydrogens (tertiary/aromatic N) is 4. The minimum Gasteiger partial charge on any atom is -0.331 e. The normalized spacial score (nSPS) is 12.7. The first-order valence-electron chi connectivity index (χ1n) is 10.3. The van der Waals surface area contributed by atoms with Crippen molar-refractivity contribution in [1.82, 2.24) is 24.3 Å². The summed E-state index contributed by atoms with van der Waals surface area (Å²) < 4.78 is 3.90. The number of halogens is 1. The second-order valence-corrected chi connectivity index (χ2v) is 9.25. The van der Waals surface area contributed by atoms with Gasteiger partial charge in [-0.15, -0.1) is 10.2 Å². The van der Waals surface area contributed by atoms with Gasteiger partial charge < -0.3 is 9.88 Å². The zero-order valence-electron chi connectivity index (χ0n) is 17.8. The van der Waals surface area contributed by atoms with Crippen LogP contribution in [-0.4, -0.2) is 44.2 Å². The topological polar surface area (TPSA) is 72.9 Å². The van der Waals surface area contributed by atoms with Crippen LogP contribution in [0.4, 0.5) is 0 Å². The molecule has 2 N–H and O–H groups in total. The predicted molar refractivity (Wildman–Crippen MR) is 125 cm³/mol. The summed E-state index contributed by atoms with van der Waals surface area (Å²) in [6.45, 7) is 2.79. The third-order valence-corrected chi connectivity index (χ3v) is 6.70. The van der Waals surface area contributed by atoms with Gasteiger partial charge in [0.05, 0.1) is 25.1 Å². The standard InChI is InChI=1S/C22H25ClN6OS/c1-15(27(2)3)20-25-26-22(29(20)17-11-9-16(23)10-12-17)31-14-6-13-28-19-8-5-4-7-18(19)24-21(28)30/h4-5,7-12,15H,6,13-14H2,1-3H3,(H,24,30)/p+1/t15-/m0/s1. The summed E-state index contributed by atoms with van der Waals surface area (Å²) in [4.78, 5) is 16.5. The minimum absolute atomic E-state index is 0.0689. The quantitative estimate of drug-likeness (QED) is 0.315. The Bertz CT molecular complexity index is 1230. The highest BCUT2D eigenvalue weighted by molar-refractivity contribution is 7.99. The second-order valence-electron chi connectivity index (χ2n) is 7.75. The summed E-state index contributed by atoms with van der Waals surface area (Å²) in [5.41, 5.74) is 2.73. The van der Waals surface area contributed by atoms with E-state index in [1.807, 2.05) is 48.5 Å². The Morgan fingerprint density at radius 3 is 2.61 bits per heavy atom. The Morgan fingerprint density at radius 2 is 1.87 bits per heavy atom.